The molecule has 7 nitrogen and oxygen atoms in total. The Labute approximate surface area is 202 Å². The number of nitrogens with zero attached hydrogens (tertiary/aromatic N) is 1. The topological polar surface area (TPSA) is 97.4 Å². The maximum atomic E-state index is 13.0. The third kappa shape index (κ3) is 6.60. The zero-order valence-corrected chi connectivity index (χ0v) is 19.4. The molecule has 1 aromatic heterocycles. The van der Waals surface area contributed by atoms with Crippen LogP contribution in [0.15, 0.2) is 65.7 Å². The molecule has 2 aromatic carbocycles. The minimum atomic E-state index is -4.82. The van der Waals surface area contributed by atoms with Crippen LogP contribution < -0.4 is 10.6 Å². The van der Waals surface area contributed by atoms with Gasteiger partial charge in [-0.05, 0) is 36.4 Å². The number of hydrogen-bond donors (Lipinski definition) is 2. The van der Waals surface area contributed by atoms with E-state index in [0.29, 0.717) is 11.8 Å². The van der Waals surface area contributed by atoms with Crippen LogP contribution in [-0.2, 0) is 20.8 Å². The fraction of sp³-hybridized carbons (Fsp3) is 0.143. The molecule has 34 heavy (non-hydrogen) atoms. The highest BCUT2D eigenvalue weighted by atomic mass is 35.5. The van der Waals surface area contributed by atoms with Gasteiger partial charge in [-0.15, -0.1) is 0 Å². The fourth-order valence-corrected chi connectivity index (χ4v) is 4.12. The lowest BCUT2D eigenvalue weighted by Crippen LogP contribution is -2.19. The van der Waals surface area contributed by atoms with Crippen LogP contribution in [0.2, 0.25) is 10.0 Å². The van der Waals surface area contributed by atoms with Gasteiger partial charge in [0.1, 0.15) is 6.73 Å². The largest absolute Gasteiger partial charge is 0.417 e. The third-order valence-electron chi connectivity index (χ3n) is 4.31. The van der Waals surface area contributed by atoms with Crippen LogP contribution in [0.3, 0.4) is 0 Å². The van der Waals surface area contributed by atoms with Gasteiger partial charge in [-0.25, -0.2) is 13.4 Å². The summed E-state index contributed by atoms with van der Waals surface area (Å²) in [7, 11) is -4.23. The molecule has 0 aliphatic carbocycles. The summed E-state index contributed by atoms with van der Waals surface area (Å²) < 4.78 is 68.9. The van der Waals surface area contributed by atoms with Crippen molar-refractivity contribution >= 4 is 50.3 Å². The Hall–Kier alpha value is -2.86. The number of rotatable bonds is 8. The quantitative estimate of drug-likeness (QED) is 0.294. The second-order valence-electron chi connectivity index (χ2n) is 6.77. The maximum Gasteiger partial charge on any atom is 0.417 e. The molecule has 3 rings (SSSR count). The minimum Gasteiger partial charge on any atom is -0.361 e. The molecule has 0 saturated heterocycles. The van der Waals surface area contributed by atoms with E-state index in [1.807, 2.05) is 0 Å². The van der Waals surface area contributed by atoms with Crippen molar-refractivity contribution in [2.75, 3.05) is 23.3 Å². The first-order valence-electron chi connectivity index (χ1n) is 9.40. The molecular formula is C21H16Cl2F3N3O4S. The van der Waals surface area contributed by atoms with Crippen LogP contribution in [0.1, 0.15) is 16.1 Å². The van der Waals surface area contributed by atoms with Gasteiger partial charge in [0.05, 0.1) is 26.2 Å². The molecule has 0 saturated carbocycles. The third-order valence-corrected chi connectivity index (χ3v) is 6.29. The normalized spacial score (nSPS) is 11.8. The molecule has 1 heterocycles. The molecule has 2 N–H and O–H groups in total. The van der Waals surface area contributed by atoms with Gasteiger partial charge in [-0.2, -0.15) is 13.2 Å². The van der Waals surface area contributed by atoms with Gasteiger partial charge in [-0.1, -0.05) is 41.4 Å². The number of para-hydroxylation sites is 1. The van der Waals surface area contributed by atoms with Gasteiger partial charge in [-0.3, -0.25) is 4.79 Å². The van der Waals surface area contributed by atoms with E-state index < -0.39 is 50.1 Å². The van der Waals surface area contributed by atoms with Crippen LogP contribution in [0.5, 0.6) is 0 Å². The summed E-state index contributed by atoms with van der Waals surface area (Å²) in [6.07, 6.45) is -3.56. The van der Waals surface area contributed by atoms with Crippen LogP contribution in [0, 0.1) is 0 Å². The Morgan fingerprint density at radius 2 is 1.76 bits per heavy atom. The van der Waals surface area contributed by atoms with Crippen molar-refractivity contribution in [2.24, 2.45) is 0 Å². The Balaban J connectivity index is 1.67. The molecule has 13 heteroatoms. The SMILES string of the molecule is O=C(Nc1ccccc1)c1ncc(Cl)cc1NCOCS(=O)(=O)c1ccc(Cl)c(C(F)(F)F)c1. The number of sulfone groups is 1. The second-order valence-corrected chi connectivity index (χ2v) is 9.55. The molecule has 180 valence electrons. The smallest absolute Gasteiger partial charge is 0.361 e. The number of ether oxygens (including phenoxy) is 1. The number of halogens is 5. The van der Waals surface area contributed by atoms with Crippen molar-refractivity contribution in [2.45, 2.75) is 11.1 Å². The maximum absolute atomic E-state index is 13.0. The number of carbonyl (C=O) groups excluding carboxylic acids is 1. The minimum absolute atomic E-state index is 0.0350. The van der Waals surface area contributed by atoms with Crippen molar-refractivity contribution in [1.29, 1.82) is 0 Å². The molecule has 0 atom stereocenters. The Bertz CT molecular complexity index is 1290. The Morgan fingerprint density at radius 1 is 1.06 bits per heavy atom. The molecule has 1 amide bonds. The highest BCUT2D eigenvalue weighted by molar-refractivity contribution is 7.91. The number of carbonyl (C=O) groups is 1. The first kappa shape index (κ1) is 25.8. The number of alkyl halides is 3. The van der Waals surface area contributed by atoms with E-state index in [2.05, 4.69) is 15.6 Å². The molecule has 0 aliphatic heterocycles. The van der Waals surface area contributed by atoms with Gasteiger partial charge >= 0.3 is 6.18 Å². The van der Waals surface area contributed by atoms with Crippen molar-refractivity contribution in [1.82, 2.24) is 4.98 Å². The number of aromatic nitrogens is 1. The van der Waals surface area contributed by atoms with E-state index in [1.165, 1.54) is 12.3 Å². The molecule has 0 spiro atoms. The first-order valence-corrected chi connectivity index (χ1v) is 11.8. The summed E-state index contributed by atoms with van der Waals surface area (Å²) in [4.78, 5) is 16.0. The monoisotopic (exact) mass is 533 g/mol. The van der Waals surface area contributed by atoms with E-state index in [9.17, 15) is 26.4 Å². The summed E-state index contributed by atoms with van der Waals surface area (Å²) in [6, 6.07) is 12.2. The number of hydrogen-bond acceptors (Lipinski definition) is 6. The summed E-state index contributed by atoms with van der Waals surface area (Å²) in [5.41, 5.74) is -0.623. The van der Waals surface area contributed by atoms with Crippen molar-refractivity contribution in [3.63, 3.8) is 0 Å². The Kier molecular flexibility index (Phi) is 8.03. The van der Waals surface area contributed by atoms with Gasteiger partial charge < -0.3 is 15.4 Å². The average Bonchev–Trinajstić information content (AvgIpc) is 2.77. The van der Waals surface area contributed by atoms with E-state index in [0.717, 1.165) is 12.1 Å². The van der Waals surface area contributed by atoms with Crippen molar-refractivity contribution < 1.29 is 31.1 Å². The van der Waals surface area contributed by atoms with E-state index in [1.54, 1.807) is 30.3 Å². The number of anilines is 2. The van der Waals surface area contributed by atoms with E-state index >= 15 is 0 Å². The molecule has 0 unspecified atom stereocenters. The van der Waals surface area contributed by atoms with Crippen molar-refractivity contribution in [3.8, 4) is 0 Å². The van der Waals surface area contributed by atoms with Crippen molar-refractivity contribution in [3.05, 3.63) is 82.1 Å². The summed E-state index contributed by atoms with van der Waals surface area (Å²) in [6.45, 7) is -0.410. The van der Waals surface area contributed by atoms with Crippen LogP contribution in [-0.4, -0.2) is 32.0 Å². The highest BCUT2D eigenvalue weighted by Crippen LogP contribution is 2.36. The van der Waals surface area contributed by atoms with Gasteiger partial charge in [0.15, 0.2) is 11.6 Å². The van der Waals surface area contributed by atoms with Crippen LogP contribution in [0.25, 0.3) is 0 Å². The summed E-state index contributed by atoms with van der Waals surface area (Å²) in [5, 5.41) is 4.93. The number of amides is 1. The number of pyridine rings is 1. The molecule has 0 bridgehead atoms. The number of benzene rings is 2. The standard InChI is InChI=1S/C21H16Cl2F3N3O4S/c22-13-8-18(19(27-10-13)20(30)29-14-4-2-1-3-5-14)28-11-33-12-34(31,32)15-6-7-17(23)16(9-15)21(24,25)26/h1-10,28H,11-12H2,(H,29,30). The lowest BCUT2D eigenvalue weighted by atomic mass is 10.2. The van der Waals surface area contributed by atoms with Gasteiger partial charge in [0.25, 0.3) is 5.91 Å². The zero-order chi connectivity index (χ0) is 24.9. The lowest BCUT2D eigenvalue weighted by molar-refractivity contribution is -0.137. The summed E-state index contributed by atoms with van der Waals surface area (Å²) >= 11 is 11.5. The van der Waals surface area contributed by atoms with E-state index in [4.69, 9.17) is 27.9 Å². The predicted molar refractivity (Wildman–Crippen MR) is 122 cm³/mol. The van der Waals surface area contributed by atoms with Gasteiger partial charge in [0, 0.05) is 11.9 Å². The summed E-state index contributed by atoms with van der Waals surface area (Å²) in [5.74, 6) is -1.49. The Morgan fingerprint density at radius 3 is 2.44 bits per heavy atom. The number of nitrogens with one attached hydrogen (secondary N) is 2. The highest BCUT2D eigenvalue weighted by Gasteiger charge is 2.34. The lowest BCUT2D eigenvalue weighted by Gasteiger charge is -2.13. The van der Waals surface area contributed by atoms with Crippen LogP contribution in [0.4, 0.5) is 24.5 Å². The predicted octanol–water partition coefficient (Wildman–Crippen LogP) is 5.48. The zero-order valence-electron chi connectivity index (χ0n) is 17.1. The molecule has 0 fully saturated rings. The second kappa shape index (κ2) is 10.6. The molecule has 0 radical (unpaired) electrons. The molecular weight excluding hydrogens is 518 g/mol. The van der Waals surface area contributed by atoms with Crippen LogP contribution >= 0.6 is 23.2 Å². The van der Waals surface area contributed by atoms with E-state index in [-0.39, 0.29) is 16.4 Å². The fourth-order valence-electron chi connectivity index (χ4n) is 2.73. The average molecular weight is 534 g/mol. The van der Waals surface area contributed by atoms with Gasteiger partial charge in [0.2, 0.25) is 9.84 Å². The first-order chi connectivity index (χ1) is 16.0. The molecule has 3 aromatic rings. The molecule has 0 aliphatic rings.